The topological polar surface area (TPSA) is 26.0 Å². The van der Waals surface area contributed by atoms with E-state index in [0.717, 1.165) is 6.07 Å². The maximum Gasteiger partial charge on any atom is 0.390 e. The minimum atomic E-state index is -4.45. The van der Waals surface area contributed by atoms with Crippen molar-refractivity contribution in [3.05, 3.63) is 34.1 Å². The molecule has 1 nitrogen and oxygen atoms in total. The van der Waals surface area contributed by atoms with E-state index in [9.17, 15) is 17.6 Å². The quantitative estimate of drug-likeness (QED) is 0.801. The lowest BCUT2D eigenvalue weighted by atomic mass is 10.0. The largest absolute Gasteiger partial charge is 0.390 e. The summed E-state index contributed by atoms with van der Waals surface area (Å²) in [7, 11) is 0. The fraction of sp³-hybridized carbons (Fsp3) is 0.400. The summed E-state index contributed by atoms with van der Waals surface area (Å²) in [4.78, 5) is 0. The summed E-state index contributed by atoms with van der Waals surface area (Å²) < 4.78 is 49.7. The van der Waals surface area contributed by atoms with Gasteiger partial charge in [0.15, 0.2) is 0 Å². The van der Waals surface area contributed by atoms with Gasteiger partial charge in [-0.2, -0.15) is 13.2 Å². The number of rotatable bonds is 2. The SMILES string of the molecule is Cc1ccc(F)c([C@@H](N)CC(F)(F)F)c1Cl. The molecule has 1 rings (SSSR count). The minimum Gasteiger partial charge on any atom is -0.324 e. The number of hydrogen-bond acceptors (Lipinski definition) is 1. The average Bonchev–Trinajstić information content (AvgIpc) is 2.09. The lowest BCUT2D eigenvalue weighted by Crippen LogP contribution is -2.21. The Balaban J connectivity index is 3.08. The number of aryl methyl sites for hydroxylation is 1. The first kappa shape index (κ1) is 13.3. The normalized spacial score (nSPS) is 13.9. The van der Waals surface area contributed by atoms with Crippen molar-refractivity contribution in [3.63, 3.8) is 0 Å². The molecule has 2 N–H and O–H groups in total. The van der Waals surface area contributed by atoms with E-state index in [1.165, 1.54) is 6.07 Å². The van der Waals surface area contributed by atoms with E-state index >= 15 is 0 Å². The van der Waals surface area contributed by atoms with Crippen molar-refractivity contribution in [2.45, 2.75) is 25.6 Å². The van der Waals surface area contributed by atoms with Crippen LogP contribution in [0.25, 0.3) is 0 Å². The molecule has 0 spiro atoms. The standard InChI is InChI=1S/C10H10ClF4N/c1-5-2-3-6(12)8(9(5)11)7(16)4-10(13,14)15/h2-3,7H,4,16H2,1H3/t7-/m0/s1. The highest BCUT2D eigenvalue weighted by Crippen LogP contribution is 2.34. The van der Waals surface area contributed by atoms with Crippen molar-refractivity contribution in [1.82, 2.24) is 0 Å². The molecule has 1 atom stereocenters. The summed E-state index contributed by atoms with van der Waals surface area (Å²) >= 11 is 5.73. The number of nitrogens with two attached hydrogens (primary N) is 1. The Kier molecular flexibility index (Phi) is 3.80. The second-order valence-corrected chi connectivity index (χ2v) is 3.90. The number of alkyl halides is 3. The van der Waals surface area contributed by atoms with Crippen molar-refractivity contribution in [2.75, 3.05) is 0 Å². The predicted molar refractivity (Wildman–Crippen MR) is 53.7 cm³/mol. The van der Waals surface area contributed by atoms with Crippen molar-refractivity contribution < 1.29 is 17.6 Å². The molecule has 1 aromatic carbocycles. The Morgan fingerprint density at radius 1 is 1.38 bits per heavy atom. The van der Waals surface area contributed by atoms with Crippen LogP contribution in [0, 0.1) is 12.7 Å². The fourth-order valence-corrected chi connectivity index (χ4v) is 1.66. The Hall–Kier alpha value is -0.810. The number of halogens is 5. The van der Waals surface area contributed by atoms with Gasteiger partial charge in [0.05, 0.1) is 11.4 Å². The van der Waals surface area contributed by atoms with Crippen LogP contribution in [0.15, 0.2) is 12.1 Å². The van der Waals surface area contributed by atoms with Crippen LogP contribution in [0.5, 0.6) is 0 Å². The summed E-state index contributed by atoms with van der Waals surface area (Å²) in [5.41, 5.74) is 5.52. The summed E-state index contributed by atoms with van der Waals surface area (Å²) in [5.74, 6) is -0.813. The van der Waals surface area contributed by atoms with Gasteiger partial charge in [0.2, 0.25) is 0 Å². The average molecular weight is 256 g/mol. The van der Waals surface area contributed by atoms with Gasteiger partial charge in [-0.3, -0.25) is 0 Å². The number of hydrogen-bond donors (Lipinski definition) is 1. The van der Waals surface area contributed by atoms with Crippen LogP contribution < -0.4 is 5.73 Å². The highest BCUT2D eigenvalue weighted by molar-refractivity contribution is 6.32. The first-order valence-corrected chi connectivity index (χ1v) is 4.87. The van der Waals surface area contributed by atoms with Gasteiger partial charge in [0, 0.05) is 11.6 Å². The highest BCUT2D eigenvalue weighted by atomic mass is 35.5. The van der Waals surface area contributed by atoms with Gasteiger partial charge in [-0.1, -0.05) is 17.7 Å². The van der Waals surface area contributed by atoms with Gasteiger partial charge in [0.25, 0.3) is 0 Å². The molecule has 0 unspecified atom stereocenters. The van der Waals surface area contributed by atoms with E-state index in [0.29, 0.717) is 5.56 Å². The van der Waals surface area contributed by atoms with Crippen LogP contribution in [-0.4, -0.2) is 6.18 Å². The molecule has 0 aromatic heterocycles. The van der Waals surface area contributed by atoms with Crippen molar-refractivity contribution >= 4 is 11.6 Å². The second kappa shape index (κ2) is 4.59. The molecule has 1 aromatic rings. The van der Waals surface area contributed by atoms with Gasteiger partial charge in [0.1, 0.15) is 5.82 Å². The zero-order valence-electron chi connectivity index (χ0n) is 8.41. The first-order valence-electron chi connectivity index (χ1n) is 4.49. The van der Waals surface area contributed by atoms with E-state index < -0.39 is 24.5 Å². The van der Waals surface area contributed by atoms with Gasteiger partial charge in [-0.25, -0.2) is 4.39 Å². The summed E-state index contributed by atoms with van der Waals surface area (Å²) in [6.45, 7) is 1.57. The van der Waals surface area contributed by atoms with Gasteiger partial charge >= 0.3 is 6.18 Å². The van der Waals surface area contributed by atoms with Crippen LogP contribution in [0.3, 0.4) is 0 Å². The molecule has 6 heteroatoms. The lowest BCUT2D eigenvalue weighted by Gasteiger charge is -2.17. The molecule has 0 aliphatic heterocycles. The van der Waals surface area contributed by atoms with Crippen LogP contribution >= 0.6 is 11.6 Å². The third-order valence-corrected chi connectivity index (χ3v) is 2.64. The van der Waals surface area contributed by atoms with E-state index in [2.05, 4.69) is 0 Å². The zero-order chi connectivity index (χ0) is 12.5. The molecule has 0 saturated carbocycles. The molecule has 0 saturated heterocycles. The van der Waals surface area contributed by atoms with E-state index in [1.54, 1.807) is 6.92 Å². The molecule has 90 valence electrons. The summed E-state index contributed by atoms with van der Waals surface area (Å²) in [6, 6.07) is 0.973. The Bertz CT molecular complexity index is 389. The van der Waals surface area contributed by atoms with Crippen molar-refractivity contribution in [3.8, 4) is 0 Å². The molecule has 0 heterocycles. The van der Waals surface area contributed by atoms with Crippen molar-refractivity contribution in [1.29, 1.82) is 0 Å². The molecule has 0 fully saturated rings. The maximum absolute atomic E-state index is 13.3. The summed E-state index contributed by atoms with van der Waals surface area (Å²) in [5, 5.41) is -0.0447. The first-order chi connectivity index (χ1) is 7.22. The second-order valence-electron chi connectivity index (χ2n) is 3.52. The van der Waals surface area contributed by atoms with E-state index in [4.69, 9.17) is 17.3 Å². The zero-order valence-corrected chi connectivity index (χ0v) is 9.16. The molecule has 0 bridgehead atoms. The Morgan fingerprint density at radius 2 is 1.94 bits per heavy atom. The van der Waals surface area contributed by atoms with Crippen LogP contribution in [0.4, 0.5) is 17.6 Å². The van der Waals surface area contributed by atoms with Gasteiger partial charge in [-0.15, -0.1) is 0 Å². The fourth-order valence-electron chi connectivity index (χ4n) is 1.37. The van der Waals surface area contributed by atoms with Crippen LogP contribution in [0.2, 0.25) is 5.02 Å². The van der Waals surface area contributed by atoms with Gasteiger partial charge < -0.3 is 5.73 Å². The molecule has 16 heavy (non-hydrogen) atoms. The van der Waals surface area contributed by atoms with E-state index in [1.807, 2.05) is 0 Å². The van der Waals surface area contributed by atoms with E-state index in [-0.39, 0.29) is 10.6 Å². The number of benzene rings is 1. The Labute approximate surface area is 95.2 Å². The molecule has 0 radical (unpaired) electrons. The minimum absolute atomic E-state index is 0.0447. The Morgan fingerprint density at radius 3 is 2.44 bits per heavy atom. The lowest BCUT2D eigenvalue weighted by molar-refractivity contribution is -0.138. The molecule has 0 amide bonds. The third kappa shape index (κ3) is 3.09. The third-order valence-electron chi connectivity index (χ3n) is 2.14. The van der Waals surface area contributed by atoms with Gasteiger partial charge in [-0.05, 0) is 18.6 Å². The predicted octanol–water partition coefficient (Wildman–Crippen LogP) is 3.74. The maximum atomic E-state index is 13.3. The van der Waals surface area contributed by atoms with Crippen molar-refractivity contribution in [2.24, 2.45) is 5.73 Å². The molecular weight excluding hydrogens is 246 g/mol. The monoisotopic (exact) mass is 255 g/mol. The molecule has 0 aliphatic rings. The molecular formula is C10H10ClF4N. The smallest absolute Gasteiger partial charge is 0.324 e. The van der Waals surface area contributed by atoms with Crippen LogP contribution in [-0.2, 0) is 0 Å². The molecule has 0 aliphatic carbocycles. The summed E-state index contributed by atoms with van der Waals surface area (Å²) in [6.07, 6.45) is -5.74. The highest BCUT2D eigenvalue weighted by Gasteiger charge is 2.33. The van der Waals surface area contributed by atoms with Crippen LogP contribution in [0.1, 0.15) is 23.6 Å².